The Kier molecular flexibility index (Phi) is 6.21. The van der Waals surface area contributed by atoms with Crippen LogP contribution in [0.5, 0.6) is 0 Å². The van der Waals surface area contributed by atoms with Crippen LogP contribution in [-0.4, -0.2) is 16.3 Å². The fraction of sp³-hybridized carbons (Fsp3) is 0.500. The predicted molar refractivity (Wildman–Crippen MR) is 48.7 cm³/mol. The number of thioether (sulfide) groups is 1. The van der Waals surface area contributed by atoms with Crippen molar-refractivity contribution < 1.29 is 9.90 Å². The van der Waals surface area contributed by atoms with Gasteiger partial charge in [-0.05, 0) is 11.8 Å². The lowest BCUT2D eigenvalue weighted by Gasteiger charge is -2.00. The number of carboxylic acids is 1. The summed E-state index contributed by atoms with van der Waals surface area (Å²) in [5.74, 6) is -0.976. The molecule has 0 heterocycles. The van der Waals surface area contributed by atoms with Crippen LogP contribution in [-0.2, 0) is 4.79 Å². The van der Waals surface area contributed by atoms with E-state index in [4.69, 9.17) is 10.4 Å². The smallest absolute Gasteiger partial charge is 0.328 e. The minimum absolute atomic E-state index is 0.120. The van der Waals surface area contributed by atoms with E-state index in [1.165, 1.54) is 17.2 Å². The molecule has 0 saturated heterocycles. The van der Waals surface area contributed by atoms with Crippen molar-refractivity contribution >= 4 is 17.7 Å². The third kappa shape index (κ3) is 5.81. The average molecular weight is 185 g/mol. The average Bonchev–Trinajstić information content (AvgIpc) is 2.02. The minimum atomic E-state index is -0.976. The van der Waals surface area contributed by atoms with Gasteiger partial charge in [-0.15, -0.1) is 11.8 Å². The van der Waals surface area contributed by atoms with Gasteiger partial charge < -0.3 is 5.11 Å². The molecule has 0 aliphatic heterocycles. The molecule has 0 saturated carbocycles. The molecule has 4 heteroatoms. The summed E-state index contributed by atoms with van der Waals surface area (Å²) in [6, 6.07) is 2.10. The van der Waals surface area contributed by atoms with Gasteiger partial charge in [0.2, 0.25) is 0 Å². The molecule has 0 aliphatic rings. The zero-order valence-corrected chi connectivity index (χ0v) is 7.67. The standard InChI is InChI=1S/C8H11NO2S/c1-2-3-7(6-9)12-5-4-8(10)11/h4-5,7H,2-3H2,1H3,(H,10,11)/b5-4+. The molecule has 1 atom stereocenters. The van der Waals surface area contributed by atoms with Crippen LogP contribution >= 0.6 is 11.8 Å². The number of hydrogen-bond acceptors (Lipinski definition) is 3. The molecule has 0 aromatic carbocycles. The molecule has 0 radical (unpaired) electrons. The molecule has 3 nitrogen and oxygen atoms in total. The number of aliphatic carboxylic acids is 1. The van der Waals surface area contributed by atoms with E-state index in [1.807, 2.05) is 6.92 Å². The van der Waals surface area contributed by atoms with E-state index < -0.39 is 5.97 Å². The number of carboxylic acid groups (broad SMARTS) is 1. The van der Waals surface area contributed by atoms with Crippen LogP contribution in [0.1, 0.15) is 19.8 Å². The van der Waals surface area contributed by atoms with Crippen molar-refractivity contribution in [2.24, 2.45) is 0 Å². The summed E-state index contributed by atoms with van der Waals surface area (Å²) < 4.78 is 0. The summed E-state index contributed by atoms with van der Waals surface area (Å²) in [6.45, 7) is 1.99. The van der Waals surface area contributed by atoms with Gasteiger partial charge in [0.05, 0.1) is 11.3 Å². The number of carbonyl (C=O) groups is 1. The zero-order valence-electron chi connectivity index (χ0n) is 6.86. The van der Waals surface area contributed by atoms with Crippen LogP contribution < -0.4 is 0 Å². The Morgan fingerprint density at radius 2 is 2.50 bits per heavy atom. The van der Waals surface area contributed by atoms with Crippen LogP contribution in [0.25, 0.3) is 0 Å². The van der Waals surface area contributed by atoms with E-state index in [1.54, 1.807) is 0 Å². The molecule has 0 aromatic heterocycles. The molecular weight excluding hydrogens is 174 g/mol. The first kappa shape index (κ1) is 11.1. The second-order valence-electron chi connectivity index (χ2n) is 2.18. The zero-order chi connectivity index (χ0) is 9.40. The van der Waals surface area contributed by atoms with E-state index in [2.05, 4.69) is 6.07 Å². The summed E-state index contributed by atoms with van der Waals surface area (Å²) in [6.07, 6.45) is 2.78. The largest absolute Gasteiger partial charge is 0.478 e. The summed E-state index contributed by atoms with van der Waals surface area (Å²) in [5, 5.41) is 18.1. The van der Waals surface area contributed by atoms with Gasteiger partial charge in [-0.1, -0.05) is 13.3 Å². The van der Waals surface area contributed by atoms with Crippen molar-refractivity contribution in [2.45, 2.75) is 25.0 Å². The van der Waals surface area contributed by atoms with Gasteiger partial charge in [0, 0.05) is 6.08 Å². The molecule has 0 amide bonds. The van der Waals surface area contributed by atoms with Gasteiger partial charge >= 0.3 is 5.97 Å². The summed E-state index contributed by atoms with van der Waals surface area (Å²) >= 11 is 1.25. The first-order valence-corrected chi connectivity index (χ1v) is 4.59. The number of hydrogen-bond donors (Lipinski definition) is 1. The van der Waals surface area contributed by atoms with Gasteiger partial charge in [-0.3, -0.25) is 0 Å². The van der Waals surface area contributed by atoms with Crippen molar-refractivity contribution in [2.75, 3.05) is 0 Å². The summed E-state index contributed by atoms with van der Waals surface area (Å²) in [4.78, 5) is 10.0. The Labute approximate surface area is 76.1 Å². The Bertz CT molecular complexity index is 208. The Hall–Kier alpha value is -0.950. The fourth-order valence-electron chi connectivity index (χ4n) is 0.618. The van der Waals surface area contributed by atoms with E-state index in [-0.39, 0.29) is 5.25 Å². The highest BCUT2D eigenvalue weighted by atomic mass is 32.2. The maximum atomic E-state index is 10.0. The van der Waals surface area contributed by atoms with Crippen LogP contribution in [0.4, 0.5) is 0 Å². The van der Waals surface area contributed by atoms with Gasteiger partial charge in [0.15, 0.2) is 0 Å². The maximum absolute atomic E-state index is 10.0. The molecule has 1 N–H and O–H groups in total. The molecule has 0 bridgehead atoms. The molecule has 0 fully saturated rings. The van der Waals surface area contributed by atoms with Gasteiger partial charge in [0.1, 0.15) is 0 Å². The molecule has 0 aromatic rings. The van der Waals surface area contributed by atoms with E-state index in [9.17, 15) is 4.79 Å². The molecule has 66 valence electrons. The van der Waals surface area contributed by atoms with E-state index in [0.717, 1.165) is 18.9 Å². The van der Waals surface area contributed by atoms with Gasteiger partial charge in [-0.2, -0.15) is 5.26 Å². The Balaban J connectivity index is 3.73. The highest BCUT2D eigenvalue weighted by Crippen LogP contribution is 2.16. The van der Waals surface area contributed by atoms with Crippen molar-refractivity contribution in [3.05, 3.63) is 11.5 Å². The lowest BCUT2D eigenvalue weighted by molar-refractivity contribution is -0.131. The highest BCUT2D eigenvalue weighted by Gasteiger charge is 2.03. The number of nitrogens with zero attached hydrogens (tertiary/aromatic N) is 1. The Morgan fingerprint density at radius 1 is 1.83 bits per heavy atom. The van der Waals surface area contributed by atoms with E-state index in [0.29, 0.717) is 0 Å². The van der Waals surface area contributed by atoms with Crippen molar-refractivity contribution in [3.63, 3.8) is 0 Å². The molecule has 0 rings (SSSR count). The topological polar surface area (TPSA) is 61.1 Å². The third-order valence-electron chi connectivity index (χ3n) is 1.15. The first-order valence-electron chi connectivity index (χ1n) is 3.65. The molecule has 0 aliphatic carbocycles. The number of nitriles is 1. The highest BCUT2D eigenvalue weighted by molar-refractivity contribution is 8.02. The number of rotatable bonds is 5. The molecule has 0 spiro atoms. The van der Waals surface area contributed by atoms with Crippen LogP contribution in [0, 0.1) is 11.3 Å². The third-order valence-corrected chi connectivity index (χ3v) is 2.11. The second-order valence-corrected chi connectivity index (χ2v) is 3.30. The lowest BCUT2D eigenvalue weighted by Crippen LogP contribution is -1.95. The van der Waals surface area contributed by atoms with E-state index >= 15 is 0 Å². The quantitative estimate of drug-likeness (QED) is 0.665. The fourth-order valence-corrected chi connectivity index (χ4v) is 1.43. The minimum Gasteiger partial charge on any atom is -0.478 e. The van der Waals surface area contributed by atoms with Crippen molar-refractivity contribution in [1.29, 1.82) is 5.26 Å². The van der Waals surface area contributed by atoms with Crippen molar-refractivity contribution in [3.8, 4) is 6.07 Å². The molecule has 1 unspecified atom stereocenters. The normalized spacial score (nSPS) is 12.7. The molecule has 12 heavy (non-hydrogen) atoms. The van der Waals surface area contributed by atoms with Gasteiger partial charge in [-0.25, -0.2) is 4.79 Å². The summed E-state index contributed by atoms with van der Waals surface area (Å²) in [7, 11) is 0. The van der Waals surface area contributed by atoms with Crippen LogP contribution in [0.3, 0.4) is 0 Å². The van der Waals surface area contributed by atoms with Crippen LogP contribution in [0.2, 0.25) is 0 Å². The van der Waals surface area contributed by atoms with Gasteiger partial charge in [0.25, 0.3) is 0 Å². The predicted octanol–water partition coefficient (Wildman–Crippen LogP) is 2.01. The summed E-state index contributed by atoms with van der Waals surface area (Å²) in [5.41, 5.74) is 0. The van der Waals surface area contributed by atoms with Crippen molar-refractivity contribution in [1.82, 2.24) is 0 Å². The Morgan fingerprint density at radius 3 is 2.92 bits per heavy atom. The lowest BCUT2D eigenvalue weighted by atomic mass is 10.3. The van der Waals surface area contributed by atoms with Crippen LogP contribution in [0.15, 0.2) is 11.5 Å². The SMILES string of the molecule is CCCC(C#N)S/C=C/C(=O)O. The monoisotopic (exact) mass is 185 g/mol. The first-order chi connectivity index (χ1) is 5.70. The molecular formula is C8H11NO2S. The maximum Gasteiger partial charge on any atom is 0.328 e. The second kappa shape index (κ2) is 6.74.